The maximum Gasteiger partial charge on any atom is 0.338 e. The maximum absolute atomic E-state index is 14.2. The van der Waals surface area contributed by atoms with Crippen molar-refractivity contribution in [3.63, 3.8) is 0 Å². The zero-order valence-electron chi connectivity index (χ0n) is 24.4. The van der Waals surface area contributed by atoms with Crippen LogP contribution in [0.1, 0.15) is 36.6 Å². The van der Waals surface area contributed by atoms with Gasteiger partial charge in [0.25, 0.3) is 5.56 Å². The summed E-state index contributed by atoms with van der Waals surface area (Å²) in [6.45, 7) is 4.13. The van der Waals surface area contributed by atoms with Crippen LogP contribution in [-0.4, -0.2) is 24.3 Å². The number of fused-ring (bicyclic) bond motifs is 2. The molecular formula is C35H29ClN2O5S. The molecule has 4 aromatic carbocycles. The summed E-state index contributed by atoms with van der Waals surface area (Å²) in [4.78, 5) is 32.8. The van der Waals surface area contributed by atoms with Crippen molar-refractivity contribution in [3.8, 4) is 11.5 Å². The van der Waals surface area contributed by atoms with Gasteiger partial charge in [-0.15, -0.1) is 0 Å². The van der Waals surface area contributed by atoms with Crippen LogP contribution in [0, 0.1) is 0 Å². The number of allylic oxidation sites excluding steroid dienone is 1. The van der Waals surface area contributed by atoms with Crippen molar-refractivity contribution in [2.24, 2.45) is 4.99 Å². The Labute approximate surface area is 262 Å². The van der Waals surface area contributed by atoms with E-state index in [-0.39, 0.29) is 12.2 Å². The van der Waals surface area contributed by atoms with Gasteiger partial charge in [-0.3, -0.25) is 9.36 Å². The van der Waals surface area contributed by atoms with E-state index in [1.807, 2.05) is 91.0 Å². The zero-order valence-corrected chi connectivity index (χ0v) is 25.9. The van der Waals surface area contributed by atoms with Crippen molar-refractivity contribution in [1.29, 1.82) is 0 Å². The Morgan fingerprint density at radius 1 is 1.02 bits per heavy atom. The van der Waals surface area contributed by atoms with E-state index < -0.39 is 12.0 Å². The van der Waals surface area contributed by atoms with Crippen LogP contribution >= 0.6 is 22.9 Å². The van der Waals surface area contributed by atoms with E-state index in [4.69, 9.17) is 30.8 Å². The number of hydrogen-bond donors (Lipinski definition) is 0. The molecule has 0 aliphatic carbocycles. The quantitative estimate of drug-likeness (QED) is 0.192. The number of carbonyl (C=O) groups excluding carboxylic acids is 1. The molecule has 1 aliphatic heterocycles. The smallest absolute Gasteiger partial charge is 0.338 e. The first-order chi connectivity index (χ1) is 21.4. The number of ether oxygens (including phenoxy) is 3. The fraction of sp³-hybridized carbons (Fsp3) is 0.171. The standard InChI is InChI=1S/C35H29ClN2O5S/c1-4-42-34(40)30-21(2)37-35-38(32(30)31-27-8-6-5-7-24(27)13-18-28(31)41-3)33(39)29(44-35)19-22-11-16-26(17-12-22)43-20-23-9-14-25(36)15-10-23/h5-19,32H,4,20H2,1-3H3/b29-19-. The van der Waals surface area contributed by atoms with Crippen molar-refractivity contribution in [2.75, 3.05) is 13.7 Å². The van der Waals surface area contributed by atoms with Gasteiger partial charge in [0.2, 0.25) is 0 Å². The highest BCUT2D eigenvalue weighted by molar-refractivity contribution is 7.07. The van der Waals surface area contributed by atoms with Gasteiger partial charge in [-0.1, -0.05) is 77.5 Å². The van der Waals surface area contributed by atoms with E-state index in [1.54, 1.807) is 25.5 Å². The molecule has 1 aromatic heterocycles. The normalized spacial score (nSPS) is 14.7. The highest BCUT2D eigenvalue weighted by Crippen LogP contribution is 2.40. The largest absolute Gasteiger partial charge is 0.496 e. The Morgan fingerprint density at radius 2 is 1.77 bits per heavy atom. The molecule has 44 heavy (non-hydrogen) atoms. The second kappa shape index (κ2) is 12.5. The van der Waals surface area contributed by atoms with Crippen LogP contribution in [0.15, 0.2) is 106 Å². The van der Waals surface area contributed by atoms with Gasteiger partial charge < -0.3 is 14.2 Å². The Bertz CT molecular complexity index is 2080. The number of aromatic nitrogens is 1. The molecule has 0 spiro atoms. The highest BCUT2D eigenvalue weighted by atomic mass is 35.5. The summed E-state index contributed by atoms with van der Waals surface area (Å²) in [7, 11) is 1.58. The van der Waals surface area contributed by atoms with Crippen LogP contribution in [0.25, 0.3) is 16.8 Å². The molecule has 6 rings (SSSR count). The summed E-state index contributed by atoms with van der Waals surface area (Å²) in [6.07, 6.45) is 1.83. The average molecular weight is 625 g/mol. The number of thiazole rings is 1. The van der Waals surface area contributed by atoms with Crippen LogP contribution in [0.2, 0.25) is 5.02 Å². The van der Waals surface area contributed by atoms with E-state index in [0.717, 1.165) is 21.9 Å². The molecule has 0 amide bonds. The van der Waals surface area contributed by atoms with Crippen molar-refractivity contribution in [1.82, 2.24) is 4.57 Å². The van der Waals surface area contributed by atoms with Gasteiger partial charge in [0.1, 0.15) is 24.1 Å². The lowest BCUT2D eigenvalue weighted by atomic mass is 9.90. The molecule has 0 radical (unpaired) electrons. The highest BCUT2D eigenvalue weighted by Gasteiger charge is 2.36. The number of halogens is 1. The molecule has 0 saturated carbocycles. The van der Waals surface area contributed by atoms with Crippen LogP contribution in [0.5, 0.6) is 11.5 Å². The van der Waals surface area contributed by atoms with E-state index in [1.165, 1.54) is 11.3 Å². The maximum atomic E-state index is 14.2. The van der Waals surface area contributed by atoms with Crippen molar-refractivity contribution >= 4 is 45.8 Å². The van der Waals surface area contributed by atoms with E-state index in [9.17, 15) is 9.59 Å². The van der Waals surface area contributed by atoms with Gasteiger partial charge in [-0.05, 0) is 72.2 Å². The molecular weight excluding hydrogens is 596 g/mol. The third kappa shape index (κ3) is 5.66. The predicted octanol–water partition coefficient (Wildman–Crippen LogP) is 6.19. The van der Waals surface area contributed by atoms with Gasteiger partial charge in [-0.25, -0.2) is 9.79 Å². The van der Waals surface area contributed by atoms with Crippen molar-refractivity contribution in [3.05, 3.63) is 138 Å². The minimum Gasteiger partial charge on any atom is -0.496 e. The van der Waals surface area contributed by atoms with Gasteiger partial charge in [0, 0.05) is 10.6 Å². The van der Waals surface area contributed by atoms with E-state index in [2.05, 4.69) is 0 Å². The molecule has 9 heteroatoms. The third-order valence-corrected chi connectivity index (χ3v) is 8.67. The number of benzene rings is 4. The number of nitrogens with zero attached hydrogens (tertiary/aromatic N) is 2. The molecule has 7 nitrogen and oxygen atoms in total. The summed E-state index contributed by atoms with van der Waals surface area (Å²) in [6, 6.07) is 25.9. The van der Waals surface area contributed by atoms with Gasteiger partial charge in [0.05, 0.1) is 29.5 Å². The van der Waals surface area contributed by atoms with Crippen LogP contribution in [0.3, 0.4) is 0 Å². The Hall–Kier alpha value is -4.66. The summed E-state index contributed by atoms with van der Waals surface area (Å²) < 4.78 is 19.3. The lowest BCUT2D eigenvalue weighted by Gasteiger charge is -2.27. The van der Waals surface area contributed by atoms with Crippen LogP contribution < -0.4 is 24.4 Å². The number of carbonyl (C=O) groups is 1. The molecule has 1 aliphatic rings. The number of rotatable bonds is 8. The fourth-order valence-corrected chi connectivity index (χ4v) is 6.53. The fourth-order valence-electron chi connectivity index (χ4n) is 5.36. The molecule has 222 valence electrons. The third-order valence-electron chi connectivity index (χ3n) is 7.44. The Morgan fingerprint density at radius 3 is 2.50 bits per heavy atom. The first kappa shape index (κ1) is 29.4. The number of methoxy groups -OCH3 is 1. The lowest BCUT2D eigenvalue weighted by molar-refractivity contribution is -0.139. The molecule has 0 N–H and O–H groups in total. The molecule has 1 atom stereocenters. The topological polar surface area (TPSA) is 79.1 Å². The van der Waals surface area contributed by atoms with Gasteiger partial charge >= 0.3 is 5.97 Å². The molecule has 2 heterocycles. The first-order valence-electron chi connectivity index (χ1n) is 14.1. The van der Waals surface area contributed by atoms with Crippen molar-refractivity contribution in [2.45, 2.75) is 26.5 Å². The SMILES string of the molecule is CCOC(=O)C1=C(C)N=c2s/c(=C\c3ccc(OCc4ccc(Cl)cc4)cc3)c(=O)n2C1c1c(OC)ccc2ccccc12. The van der Waals surface area contributed by atoms with E-state index >= 15 is 0 Å². The predicted molar refractivity (Wildman–Crippen MR) is 173 cm³/mol. The minimum absolute atomic E-state index is 0.193. The van der Waals surface area contributed by atoms with E-state index in [0.29, 0.717) is 49.3 Å². The minimum atomic E-state index is -0.794. The zero-order chi connectivity index (χ0) is 30.8. The first-order valence-corrected chi connectivity index (χ1v) is 15.3. The molecule has 1 unspecified atom stereocenters. The summed E-state index contributed by atoms with van der Waals surface area (Å²) >= 11 is 7.25. The monoisotopic (exact) mass is 624 g/mol. The van der Waals surface area contributed by atoms with Crippen LogP contribution in [-0.2, 0) is 16.1 Å². The van der Waals surface area contributed by atoms with Gasteiger partial charge in [-0.2, -0.15) is 0 Å². The van der Waals surface area contributed by atoms with Crippen LogP contribution in [0.4, 0.5) is 0 Å². The molecule has 0 fully saturated rings. The summed E-state index contributed by atoms with van der Waals surface area (Å²) in [5.74, 6) is 0.752. The lowest BCUT2D eigenvalue weighted by Crippen LogP contribution is -2.40. The number of esters is 1. The number of hydrogen-bond acceptors (Lipinski definition) is 7. The summed E-state index contributed by atoms with van der Waals surface area (Å²) in [5, 5.41) is 2.51. The molecule has 0 bridgehead atoms. The average Bonchev–Trinajstić information content (AvgIpc) is 3.34. The van der Waals surface area contributed by atoms with Gasteiger partial charge in [0.15, 0.2) is 4.80 Å². The Kier molecular flexibility index (Phi) is 8.37. The molecule has 0 saturated heterocycles. The second-order valence-corrected chi connectivity index (χ2v) is 11.6. The summed E-state index contributed by atoms with van der Waals surface area (Å²) in [5.41, 5.74) is 3.09. The Balaban J connectivity index is 1.43. The van der Waals surface area contributed by atoms with Crippen molar-refractivity contribution < 1.29 is 19.0 Å². The second-order valence-electron chi connectivity index (χ2n) is 10.2. The molecule has 5 aromatic rings.